The number of anilines is 1. The second kappa shape index (κ2) is 4.82. The standard InChI is InChI=1S/C12H18N4S/c1-17-12-15-10-7-13-6-9(10)11(16-12)14-8-4-2-3-5-8/h8,13H,2-7H2,1H3,(H,14,15,16). The smallest absolute Gasteiger partial charge is 0.189 e. The molecule has 0 saturated heterocycles. The highest BCUT2D eigenvalue weighted by Crippen LogP contribution is 2.27. The van der Waals surface area contributed by atoms with Crippen LogP contribution in [0.5, 0.6) is 0 Å². The predicted octanol–water partition coefficient (Wildman–Crippen LogP) is 2.16. The van der Waals surface area contributed by atoms with E-state index in [1.54, 1.807) is 11.8 Å². The molecule has 2 aliphatic rings. The van der Waals surface area contributed by atoms with Gasteiger partial charge < -0.3 is 10.6 Å². The number of nitrogens with one attached hydrogen (secondary N) is 2. The summed E-state index contributed by atoms with van der Waals surface area (Å²) in [5.41, 5.74) is 2.44. The number of fused-ring (bicyclic) bond motifs is 1. The summed E-state index contributed by atoms with van der Waals surface area (Å²) < 4.78 is 0. The molecule has 1 aliphatic carbocycles. The van der Waals surface area contributed by atoms with Crippen LogP contribution in [-0.4, -0.2) is 22.3 Å². The van der Waals surface area contributed by atoms with Crippen molar-refractivity contribution in [3.8, 4) is 0 Å². The molecular formula is C12H18N4S. The Hall–Kier alpha value is -0.810. The normalized spacial score (nSPS) is 19.6. The molecule has 2 heterocycles. The summed E-state index contributed by atoms with van der Waals surface area (Å²) in [6.45, 7) is 1.78. The minimum Gasteiger partial charge on any atom is -0.367 e. The Labute approximate surface area is 106 Å². The second-order valence-corrected chi connectivity index (χ2v) is 5.49. The Morgan fingerprint density at radius 1 is 1.24 bits per heavy atom. The fraction of sp³-hybridized carbons (Fsp3) is 0.667. The fourth-order valence-corrected chi connectivity index (χ4v) is 3.00. The summed E-state index contributed by atoms with van der Waals surface area (Å²) in [6, 6.07) is 0.615. The minimum atomic E-state index is 0.615. The first kappa shape index (κ1) is 11.3. The summed E-state index contributed by atoms with van der Waals surface area (Å²) in [7, 11) is 0. The molecule has 1 saturated carbocycles. The zero-order valence-electron chi connectivity index (χ0n) is 10.1. The third kappa shape index (κ3) is 2.26. The Morgan fingerprint density at radius 2 is 2.06 bits per heavy atom. The van der Waals surface area contributed by atoms with E-state index in [1.807, 2.05) is 6.26 Å². The largest absolute Gasteiger partial charge is 0.367 e. The highest BCUT2D eigenvalue weighted by molar-refractivity contribution is 7.98. The van der Waals surface area contributed by atoms with Gasteiger partial charge in [0, 0.05) is 24.7 Å². The Bertz CT molecular complexity index is 415. The maximum Gasteiger partial charge on any atom is 0.189 e. The summed E-state index contributed by atoms with van der Waals surface area (Å²) in [4.78, 5) is 9.18. The van der Waals surface area contributed by atoms with Crippen molar-refractivity contribution in [1.29, 1.82) is 0 Å². The lowest BCUT2D eigenvalue weighted by Gasteiger charge is -2.15. The highest BCUT2D eigenvalue weighted by atomic mass is 32.2. The van der Waals surface area contributed by atoms with Gasteiger partial charge in [0.05, 0.1) is 5.69 Å². The summed E-state index contributed by atoms with van der Waals surface area (Å²) in [6.07, 6.45) is 7.28. The first-order chi connectivity index (χ1) is 8.36. The molecule has 2 N–H and O–H groups in total. The van der Waals surface area contributed by atoms with Crippen LogP contribution in [0.2, 0.25) is 0 Å². The van der Waals surface area contributed by atoms with Gasteiger partial charge in [0.15, 0.2) is 5.16 Å². The average molecular weight is 250 g/mol. The number of nitrogens with zero attached hydrogens (tertiary/aromatic N) is 2. The number of hydrogen-bond donors (Lipinski definition) is 2. The van der Waals surface area contributed by atoms with E-state index >= 15 is 0 Å². The van der Waals surface area contributed by atoms with Gasteiger partial charge in [-0.2, -0.15) is 0 Å². The van der Waals surface area contributed by atoms with Gasteiger partial charge in [-0.05, 0) is 19.1 Å². The number of rotatable bonds is 3. The molecule has 0 atom stereocenters. The van der Waals surface area contributed by atoms with E-state index in [9.17, 15) is 0 Å². The Kier molecular flexibility index (Phi) is 3.20. The minimum absolute atomic E-state index is 0.615. The van der Waals surface area contributed by atoms with E-state index in [-0.39, 0.29) is 0 Å². The molecule has 0 aromatic carbocycles. The topological polar surface area (TPSA) is 49.8 Å². The fourth-order valence-electron chi connectivity index (χ4n) is 2.62. The second-order valence-electron chi connectivity index (χ2n) is 4.71. The van der Waals surface area contributed by atoms with Gasteiger partial charge in [0.25, 0.3) is 0 Å². The molecule has 4 nitrogen and oxygen atoms in total. The molecule has 0 spiro atoms. The lowest BCUT2D eigenvalue weighted by atomic mass is 10.2. The molecule has 3 rings (SSSR count). The molecule has 1 aliphatic heterocycles. The molecule has 0 amide bonds. The van der Waals surface area contributed by atoms with Gasteiger partial charge in [-0.3, -0.25) is 0 Å². The summed E-state index contributed by atoms with van der Waals surface area (Å²) >= 11 is 1.62. The molecule has 1 aromatic rings. The van der Waals surface area contributed by atoms with Crippen molar-refractivity contribution >= 4 is 17.6 Å². The highest BCUT2D eigenvalue weighted by Gasteiger charge is 2.22. The zero-order chi connectivity index (χ0) is 11.7. The summed E-state index contributed by atoms with van der Waals surface area (Å²) in [5, 5.41) is 7.85. The van der Waals surface area contributed by atoms with Crippen molar-refractivity contribution in [3.05, 3.63) is 11.3 Å². The van der Waals surface area contributed by atoms with Crippen LogP contribution in [-0.2, 0) is 13.1 Å². The molecule has 1 aromatic heterocycles. The van der Waals surface area contributed by atoms with Crippen LogP contribution < -0.4 is 10.6 Å². The molecule has 17 heavy (non-hydrogen) atoms. The number of hydrogen-bond acceptors (Lipinski definition) is 5. The SMILES string of the molecule is CSc1nc2c(c(NC3CCCC3)n1)CNC2. The third-order valence-electron chi connectivity index (χ3n) is 3.55. The molecule has 0 bridgehead atoms. The Morgan fingerprint density at radius 3 is 2.82 bits per heavy atom. The van der Waals surface area contributed by atoms with Crippen molar-refractivity contribution in [1.82, 2.24) is 15.3 Å². The van der Waals surface area contributed by atoms with E-state index in [4.69, 9.17) is 0 Å². The van der Waals surface area contributed by atoms with E-state index in [0.717, 1.165) is 24.1 Å². The van der Waals surface area contributed by atoms with E-state index in [2.05, 4.69) is 20.6 Å². The van der Waals surface area contributed by atoms with Crippen LogP contribution in [0.1, 0.15) is 36.9 Å². The van der Waals surface area contributed by atoms with Crippen molar-refractivity contribution < 1.29 is 0 Å². The van der Waals surface area contributed by atoms with Crippen molar-refractivity contribution in [2.24, 2.45) is 0 Å². The lowest BCUT2D eigenvalue weighted by molar-refractivity contribution is 0.740. The first-order valence-electron chi connectivity index (χ1n) is 6.28. The quantitative estimate of drug-likeness (QED) is 0.636. The zero-order valence-corrected chi connectivity index (χ0v) is 10.9. The van der Waals surface area contributed by atoms with Crippen LogP contribution >= 0.6 is 11.8 Å². The van der Waals surface area contributed by atoms with E-state index in [1.165, 1.54) is 36.9 Å². The summed E-state index contributed by atoms with van der Waals surface area (Å²) in [5.74, 6) is 1.07. The average Bonchev–Trinajstić information content (AvgIpc) is 2.98. The van der Waals surface area contributed by atoms with E-state index < -0.39 is 0 Å². The molecular weight excluding hydrogens is 232 g/mol. The molecule has 92 valence electrons. The van der Waals surface area contributed by atoms with Crippen LogP contribution in [0.3, 0.4) is 0 Å². The predicted molar refractivity (Wildman–Crippen MR) is 70.2 cm³/mol. The van der Waals surface area contributed by atoms with Crippen molar-refractivity contribution in [2.75, 3.05) is 11.6 Å². The van der Waals surface area contributed by atoms with E-state index in [0.29, 0.717) is 6.04 Å². The van der Waals surface area contributed by atoms with Gasteiger partial charge in [-0.15, -0.1) is 0 Å². The van der Waals surface area contributed by atoms with Crippen LogP contribution in [0, 0.1) is 0 Å². The van der Waals surface area contributed by atoms with Gasteiger partial charge in [0.1, 0.15) is 5.82 Å². The van der Waals surface area contributed by atoms with Crippen LogP contribution in [0.4, 0.5) is 5.82 Å². The molecule has 0 radical (unpaired) electrons. The number of thioether (sulfide) groups is 1. The van der Waals surface area contributed by atoms with Gasteiger partial charge in [-0.1, -0.05) is 24.6 Å². The first-order valence-corrected chi connectivity index (χ1v) is 7.50. The van der Waals surface area contributed by atoms with Gasteiger partial charge in [0.2, 0.25) is 0 Å². The van der Waals surface area contributed by atoms with Crippen molar-refractivity contribution in [3.63, 3.8) is 0 Å². The maximum atomic E-state index is 4.63. The number of aromatic nitrogens is 2. The maximum absolute atomic E-state index is 4.63. The monoisotopic (exact) mass is 250 g/mol. The van der Waals surface area contributed by atoms with Crippen LogP contribution in [0.15, 0.2) is 5.16 Å². The Balaban J connectivity index is 1.88. The molecule has 5 heteroatoms. The lowest BCUT2D eigenvalue weighted by Crippen LogP contribution is -2.17. The molecule has 0 unspecified atom stereocenters. The van der Waals surface area contributed by atoms with Crippen LogP contribution in [0.25, 0.3) is 0 Å². The van der Waals surface area contributed by atoms with Crippen molar-refractivity contribution in [2.45, 2.75) is 50.0 Å². The third-order valence-corrected chi connectivity index (χ3v) is 4.09. The molecule has 1 fully saturated rings. The van der Waals surface area contributed by atoms with Gasteiger partial charge >= 0.3 is 0 Å². The van der Waals surface area contributed by atoms with Gasteiger partial charge in [-0.25, -0.2) is 9.97 Å².